The van der Waals surface area contributed by atoms with Crippen molar-refractivity contribution >= 4 is 21.6 Å². The van der Waals surface area contributed by atoms with Crippen molar-refractivity contribution < 1.29 is 4.74 Å². The molecular weight excluding hydrogens is 304 g/mol. The highest BCUT2D eigenvalue weighted by Crippen LogP contribution is 2.26. The van der Waals surface area contributed by atoms with Gasteiger partial charge in [0.25, 0.3) is 0 Å². The summed E-state index contributed by atoms with van der Waals surface area (Å²) in [5.74, 6) is 0.683. The second-order valence-electron chi connectivity index (χ2n) is 5.40. The van der Waals surface area contributed by atoms with Crippen LogP contribution in [0.25, 0.3) is 0 Å². The third-order valence-corrected chi connectivity index (χ3v) is 3.76. The van der Waals surface area contributed by atoms with E-state index in [0.29, 0.717) is 5.92 Å². The van der Waals surface area contributed by atoms with Gasteiger partial charge in [0, 0.05) is 29.8 Å². The molecule has 19 heavy (non-hydrogen) atoms. The molecule has 1 heterocycles. The van der Waals surface area contributed by atoms with Crippen molar-refractivity contribution in [2.75, 3.05) is 37.7 Å². The SMILES string of the molecule is CC(C)CNCc1ccc(Br)cc1N1CCOCC1. The number of ether oxygens (including phenoxy) is 1. The first-order chi connectivity index (χ1) is 9.16. The molecule has 1 aliphatic heterocycles. The number of benzene rings is 1. The Balaban J connectivity index is 2.08. The highest BCUT2D eigenvalue weighted by molar-refractivity contribution is 9.10. The number of halogens is 1. The van der Waals surface area contributed by atoms with Gasteiger partial charge in [0.2, 0.25) is 0 Å². The van der Waals surface area contributed by atoms with E-state index >= 15 is 0 Å². The predicted octanol–water partition coefficient (Wildman–Crippen LogP) is 3.03. The molecule has 0 aromatic heterocycles. The minimum absolute atomic E-state index is 0.683. The molecule has 2 rings (SSSR count). The average Bonchev–Trinajstić information content (AvgIpc) is 2.41. The minimum Gasteiger partial charge on any atom is -0.378 e. The van der Waals surface area contributed by atoms with Gasteiger partial charge in [-0.15, -0.1) is 0 Å². The summed E-state index contributed by atoms with van der Waals surface area (Å²) in [5, 5.41) is 3.53. The molecule has 1 aromatic rings. The van der Waals surface area contributed by atoms with Gasteiger partial charge in [0.15, 0.2) is 0 Å². The Morgan fingerprint density at radius 2 is 2.05 bits per heavy atom. The largest absolute Gasteiger partial charge is 0.378 e. The van der Waals surface area contributed by atoms with Gasteiger partial charge >= 0.3 is 0 Å². The standard InChI is InChI=1S/C15H23BrN2O/c1-12(2)10-17-11-13-3-4-14(16)9-15(13)18-5-7-19-8-6-18/h3-4,9,12,17H,5-8,10-11H2,1-2H3. The summed E-state index contributed by atoms with van der Waals surface area (Å²) in [6.07, 6.45) is 0. The Bertz CT molecular complexity index is 403. The normalized spacial score (nSPS) is 16.1. The first-order valence-electron chi connectivity index (χ1n) is 6.98. The van der Waals surface area contributed by atoms with Crippen LogP contribution in [0.3, 0.4) is 0 Å². The fourth-order valence-electron chi connectivity index (χ4n) is 2.28. The Morgan fingerprint density at radius 1 is 1.32 bits per heavy atom. The van der Waals surface area contributed by atoms with E-state index in [1.165, 1.54) is 11.3 Å². The Morgan fingerprint density at radius 3 is 2.74 bits per heavy atom. The van der Waals surface area contributed by atoms with Gasteiger partial charge in [0.1, 0.15) is 0 Å². The fourth-order valence-corrected chi connectivity index (χ4v) is 2.63. The lowest BCUT2D eigenvalue weighted by molar-refractivity contribution is 0.122. The van der Waals surface area contributed by atoms with Crippen molar-refractivity contribution in [3.63, 3.8) is 0 Å². The monoisotopic (exact) mass is 326 g/mol. The van der Waals surface area contributed by atoms with Gasteiger partial charge in [-0.1, -0.05) is 35.8 Å². The molecule has 0 amide bonds. The molecule has 1 aromatic carbocycles. The van der Waals surface area contributed by atoms with Gasteiger partial charge in [-0.3, -0.25) is 0 Å². The summed E-state index contributed by atoms with van der Waals surface area (Å²) in [5.41, 5.74) is 2.69. The van der Waals surface area contributed by atoms with E-state index in [1.54, 1.807) is 0 Å². The Hall–Kier alpha value is -0.580. The van der Waals surface area contributed by atoms with Crippen LogP contribution in [-0.4, -0.2) is 32.8 Å². The van der Waals surface area contributed by atoms with E-state index in [2.05, 4.69) is 58.2 Å². The van der Waals surface area contributed by atoms with E-state index < -0.39 is 0 Å². The molecule has 0 atom stereocenters. The summed E-state index contributed by atoms with van der Waals surface area (Å²) in [6.45, 7) is 10.1. The molecule has 1 saturated heterocycles. The maximum atomic E-state index is 5.43. The van der Waals surface area contributed by atoms with Crippen LogP contribution in [0.4, 0.5) is 5.69 Å². The average molecular weight is 327 g/mol. The number of nitrogens with one attached hydrogen (secondary N) is 1. The predicted molar refractivity (Wildman–Crippen MR) is 83.7 cm³/mol. The summed E-state index contributed by atoms with van der Waals surface area (Å²) in [4.78, 5) is 2.42. The highest BCUT2D eigenvalue weighted by atomic mass is 79.9. The van der Waals surface area contributed by atoms with Crippen LogP contribution in [0.2, 0.25) is 0 Å². The van der Waals surface area contributed by atoms with Crippen LogP contribution in [0, 0.1) is 5.92 Å². The number of anilines is 1. The van der Waals surface area contributed by atoms with Gasteiger partial charge in [-0.25, -0.2) is 0 Å². The zero-order valence-electron chi connectivity index (χ0n) is 11.8. The Kier molecular flexibility index (Phi) is 5.67. The molecule has 0 aliphatic carbocycles. The summed E-state index contributed by atoms with van der Waals surface area (Å²) >= 11 is 3.58. The molecule has 3 nitrogen and oxygen atoms in total. The summed E-state index contributed by atoms with van der Waals surface area (Å²) in [7, 11) is 0. The number of hydrogen-bond donors (Lipinski definition) is 1. The van der Waals surface area contributed by atoms with E-state index in [9.17, 15) is 0 Å². The van der Waals surface area contributed by atoms with Crippen molar-refractivity contribution in [2.45, 2.75) is 20.4 Å². The molecular formula is C15H23BrN2O. The number of rotatable bonds is 5. The fraction of sp³-hybridized carbons (Fsp3) is 0.600. The number of hydrogen-bond acceptors (Lipinski definition) is 3. The van der Waals surface area contributed by atoms with Crippen LogP contribution < -0.4 is 10.2 Å². The third kappa shape index (κ3) is 4.48. The minimum atomic E-state index is 0.683. The quantitative estimate of drug-likeness (QED) is 0.900. The van der Waals surface area contributed by atoms with E-state index in [-0.39, 0.29) is 0 Å². The molecule has 0 bridgehead atoms. The maximum absolute atomic E-state index is 5.43. The number of nitrogens with zero attached hydrogens (tertiary/aromatic N) is 1. The lowest BCUT2D eigenvalue weighted by Gasteiger charge is -2.31. The van der Waals surface area contributed by atoms with Crippen LogP contribution in [-0.2, 0) is 11.3 Å². The van der Waals surface area contributed by atoms with Crippen molar-refractivity contribution in [2.24, 2.45) is 5.92 Å². The van der Waals surface area contributed by atoms with Gasteiger partial charge < -0.3 is 15.0 Å². The third-order valence-electron chi connectivity index (χ3n) is 3.27. The van der Waals surface area contributed by atoms with Crippen LogP contribution in [0.5, 0.6) is 0 Å². The number of morpholine rings is 1. The highest BCUT2D eigenvalue weighted by Gasteiger charge is 2.15. The maximum Gasteiger partial charge on any atom is 0.0642 e. The van der Waals surface area contributed by atoms with Gasteiger partial charge in [-0.05, 0) is 30.2 Å². The molecule has 106 valence electrons. The zero-order valence-corrected chi connectivity index (χ0v) is 13.4. The molecule has 0 radical (unpaired) electrons. The molecule has 1 aliphatic rings. The summed E-state index contributed by atoms with van der Waals surface area (Å²) < 4.78 is 6.58. The topological polar surface area (TPSA) is 24.5 Å². The van der Waals surface area contributed by atoms with Crippen molar-refractivity contribution in [1.29, 1.82) is 0 Å². The van der Waals surface area contributed by atoms with Crippen LogP contribution in [0.1, 0.15) is 19.4 Å². The summed E-state index contributed by atoms with van der Waals surface area (Å²) in [6, 6.07) is 6.55. The molecule has 0 saturated carbocycles. The smallest absolute Gasteiger partial charge is 0.0642 e. The lowest BCUT2D eigenvalue weighted by atomic mass is 10.1. The zero-order chi connectivity index (χ0) is 13.7. The van der Waals surface area contributed by atoms with E-state index in [1.807, 2.05) is 0 Å². The van der Waals surface area contributed by atoms with Crippen LogP contribution in [0.15, 0.2) is 22.7 Å². The van der Waals surface area contributed by atoms with Gasteiger partial charge in [-0.2, -0.15) is 0 Å². The van der Waals surface area contributed by atoms with E-state index in [0.717, 1.165) is 43.9 Å². The van der Waals surface area contributed by atoms with Crippen molar-refractivity contribution in [1.82, 2.24) is 5.32 Å². The molecule has 1 fully saturated rings. The van der Waals surface area contributed by atoms with Crippen molar-refractivity contribution in [3.05, 3.63) is 28.2 Å². The Labute approximate surface area is 124 Å². The van der Waals surface area contributed by atoms with Gasteiger partial charge in [0.05, 0.1) is 13.2 Å². The second kappa shape index (κ2) is 7.27. The molecule has 0 spiro atoms. The first kappa shape index (κ1) is 14.8. The molecule has 0 unspecified atom stereocenters. The molecule has 1 N–H and O–H groups in total. The second-order valence-corrected chi connectivity index (χ2v) is 6.31. The van der Waals surface area contributed by atoms with Crippen LogP contribution >= 0.6 is 15.9 Å². The lowest BCUT2D eigenvalue weighted by Crippen LogP contribution is -2.37. The first-order valence-corrected chi connectivity index (χ1v) is 7.78. The van der Waals surface area contributed by atoms with E-state index in [4.69, 9.17) is 4.74 Å². The van der Waals surface area contributed by atoms with Crippen molar-refractivity contribution in [3.8, 4) is 0 Å². The molecule has 4 heteroatoms.